The summed E-state index contributed by atoms with van der Waals surface area (Å²) in [6.45, 7) is 2.10. The number of nitrogens with zero attached hydrogens (tertiary/aromatic N) is 1. The van der Waals surface area contributed by atoms with Crippen LogP contribution in [-0.4, -0.2) is 17.3 Å². The molecule has 0 aliphatic carbocycles. The maximum Gasteiger partial charge on any atom is 0.270 e. The van der Waals surface area contributed by atoms with Gasteiger partial charge in [-0.25, -0.2) is 0 Å². The summed E-state index contributed by atoms with van der Waals surface area (Å²) in [6, 6.07) is 15.5. The molecule has 0 bridgehead atoms. The van der Waals surface area contributed by atoms with E-state index >= 15 is 0 Å². The number of hydrogen-bond donors (Lipinski definition) is 0. The van der Waals surface area contributed by atoms with E-state index in [1.165, 1.54) is 17.3 Å². The lowest BCUT2D eigenvalue weighted by atomic mass is 10.1. The second kappa shape index (κ2) is 7.20. The monoisotopic (exact) mass is 355 g/mol. The number of amides is 1. The Labute approximate surface area is 151 Å². The minimum absolute atomic E-state index is 0.0971. The standard InChI is InChI=1S/C19H17NO2S2/c1-3-13-8-10-15(11-9-13)20-18(21)17(24-19(20)23)12-14-6-4-5-7-16(14)22-2/h4-12H,3H2,1-2H3/b17-12-. The Hall–Kier alpha value is -2.11. The van der Waals surface area contributed by atoms with Crippen LogP contribution in [0.1, 0.15) is 18.1 Å². The van der Waals surface area contributed by atoms with E-state index in [-0.39, 0.29) is 5.91 Å². The third kappa shape index (κ3) is 3.23. The molecule has 2 aromatic rings. The van der Waals surface area contributed by atoms with Crippen molar-refractivity contribution < 1.29 is 9.53 Å². The van der Waals surface area contributed by atoms with E-state index < -0.39 is 0 Å². The van der Waals surface area contributed by atoms with E-state index in [9.17, 15) is 4.79 Å². The van der Waals surface area contributed by atoms with Crippen molar-refractivity contribution in [3.05, 3.63) is 64.6 Å². The molecule has 1 fully saturated rings. The predicted molar refractivity (Wildman–Crippen MR) is 104 cm³/mol. The van der Waals surface area contributed by atoms with Gasteiger partial charge in [0.15, 0.2) is 4.32 Å². The first-order chi connectivity index (χ1) is 11.6. The zero-order chi connectivity index (χ0) is 17.1. The van der Waals surface area contributed by atoms with E-state index in [2.05, 4.69) is 6.92 Å². The van der Waals surface area contributed by atoms with Crippen LogP contribution in [0.3, 0.4) is 0 Å². The molecule has 0 unspecified atom stereocenters. The molecule has 1 aliphatic rings. The van der Waals surface area contributed by atoms with Crippen molar-refractivity contribution in [1.29, 1.82) is 0 Å². The molecule has 0 radical (unpaired) electrons. The average molecular weight is 355 g/mol. The minimum Gasteiger partial charge on any atom is -0.496 e. The van der Waals surface area contributed by atoms with Gasteiger partial charge in [-0.2, -0.15) is 0 Å². The Morgan fingerprint density at radius 2 is 1.88 bits per heavy atom. The summed E-state index contributed by atoms with van der Waals surface area (Å²) in [5.74, 6) is 0.634. The number of anilines is 1. The van der Waals surface area contributed by atoms with Crippen LogP contribution in [0.5, 0.6) is 5.75 Å². The number of thiocarbonyl (C=S) groups is 1. The Kier molecular flexibility index (Phi) is 5.02. The average Bonchev–Trinajstić information content (AvgIpc) is 2.89. The van der Waals surface area contributed by atoms with Crippen LogP contribution in [0.15, 0.2) is 53.4 Å². The summed E-state index contributed by atoms with van der Waals surface area (Å²) in [5.41, 5.74) is 2.90. The summed E-state index contributed by atoms with van der Waals surface area (Å²) in [5, 5.41) is 0. The van der Waals surface area contributed by atoms with Crippen molar-refractivity contribution in [2.75, 3.05) is 12.0 Å². The number of hydrogen-bond acceptors (Lipinski definition) is 4. The second-order valence-electron chi connectivity index (χ2n) is 5.28. The summed E-state index contributed by atoms with van der Waals surface area (Å²) >= 11 is 6.73. The number of rotatable bonds is 4. The summed E-state index contributed by atoms with van der Waals surface area (Å²) in [4.78, 5) is 15.0. The van der Waals surface area contributed by atoms with Crippen molar-refractivity contribution in [3.63, 3.8) is 0 Å². The molecular formula is C19H17NO2S2. The highest BCUT2D eigenvalue weighted by molar-refractivity contribution is 8.27. The van der Waals surface area contributed by atoms with Gasteiger partial charge < -0.3 is 4.74 Å². The Morgan fingerprint density at radius 3 is 2.54 bits per heavy atom. The lowest BCUT2D eigenvalue weighted by Crippen LogP contribution is -2.27. The number of aryl methyl sites for hydroxylation is 1. The first-order valence-corrected chi connectivity index (χ1v) is 8.86. The molecule has 5 heteroatoms. The molecule has 122 valence electrons. The van der Waals surface area contributed by atoms with E-state index in [0.29, 0.717) is 9.23 Å². The van der Waals surface area contributed by atoms with E-state index in [0.717, 1.165) is 23.4 Å². The largest absolute Gasteiger partial charge is 0.496 e. The van der Waals surface area contributed by atoms with Crippen LogP contribution in [0, 0.1) is 0 Å². The second-order valence-corrected chi connectivity index (χ2v) is 6.95. The molecule has 0 N–H and O–H groups in total. The molecule has 1 aliphatic heterocycles. The van der Waals surface area contributed by atoms with Gasteiger partial charge in [0.05, 0.1) is 17.7 Å². The van der Waals surface area contributed by atoms with E-state index in [1.54, 1.807) is 12.0 Å². The van der Waals surface area contributed by atoms with Crippen LogP contribution in [0.25, 0.3) is 6.08 Å². The number of benzene rings is 2. The summed E-state index contributed by atoms with van der Waals surface area (Å²) < 4.78 is 5.89. The van der Waals surface area contributed by atoms with Gasteiger partial charge in [-0.3, -0.25) is 9.69 Å². The van der Waals surface area contributed by atoms with E-state index in [4.69, 9.17) is 17.0 Å². The van der Waals surface area contributed by atoms with Crippen LogP contribution in [0.2, 0.25) is 0 Å². The molecule has 24 heavy (non-hydrogen) atoms. The van der Waals surface area contributed by atoms with Crippen molar-refractivity contribution in [2.45, 2.75) is 13.3 Å². The smallest absolute Gasteiger partial charge is 0.270 e. The minimum atomic E-state index is -0.0971. The van der Waals surface area contributed by atoms with Gasteiger partial charge in [0.2, 0.25) is 0 Å². The Balaban J connectivity index is 1.92. The van der Waals surface area contributed by atoms with Crippen LogP contribution in [-0.2, 0) is 11.2 Å². The fourth-order valence-electron chi connectivity index (χ4n) is 2.50. The fraction of sp³-hybridized carbons (Fsp3) is 0.158. The molecular weight excluding hydrogens is 338 g/mol. The summed E-state index contributed by atoms with van der Waals surface area (Å²) in [7, 11) is 1.62. The molecule has 2 aromatic carbocycles. The molecule has 1 saturated heterocycles. The molecule has 3 nitrogen and oxygen atoms in total. The normalized spacial score (nSPS) is 16.1. The number of thioether (sulfide) groups is 1. The summed E-state index contributed by atoms with van der Waals surface area (Å²) in [6.07, 6.45) is 2.80. The zero-order valence-electron chi connectivity index (χ0n) is 13.5. The third-order valence-corrected chi connectivity index (χ3v) is 5.12. The van der Waals surface area contributed by atoms with Crippen LogP contribution >= 0.6 is 24.0 Å². The van der Waals surface area contributed by atoms with Crippen molar-refractivity contribution in [1.82, 2.24) is 0 Å². The molecule has 0 aromatic heterocycles. The predicted octanol–water partition coefficient (Wildman–Crippen LogP) is 4.66. The zero-order valence-corrected chi connectivity index (χ0v) is 15.1. The van der Waals surface area contributed by atoms with Crippen molar-refractivity contribution >= 4 is 46.0 Å². The van der Waals surface area contributed by atoms with Crippen molar-refractivity contribution in [3.8, 4) is 5.75 Å². The number of para-hydroxylation sites is 1. The topological polar surface area (TPSA) is 29.5 Å². The van der Waals surface area contributed by atoms with Gasteiger partial charge in [0, 0.05) is 5.56 Å². The van der Waals surface area contributed by atoms with Gasteiger partial charge in [-0.15, -0.1) is 0 Å². The highest BCUT2D eigenvalue weighted by Crippen LogP contribution is 2.37. The number of carbonyl (C=O) groups excluding carboxylic acids is 1. The molecule has 0 spiro atoms. The van der Waals surface area contributed by atoms with Gasteiger partial charge in [0.25, 0.3) is 5.91 Å². The van der Waals surface area contributed by atoms with E-state index in [1.807, 2.05) is 54.6 Å². The fourth-order valence-corrected chi connectivity index (χ4v) is 3.79. The van der Waals surface area contributed by atoms with Gasteiger partial charge >= 0.3 is 0 Å². The Bertz CT molecular complexity index is 812. The highest BCUT2D eigenvalue weighted by Gasteiger charge is 2.33. The SMILES string of the molecule is CCc1ccc(N2C(=O)/C(=C/c3ccccc3OC)SC2=S)cc1. The molecule has 0 saturated carbocycles. The first kappa shape index (κ1) is 16.7. The Morgan fingerprint density at radius 1 is 1.17 bits per heavy atom. The third-order valence-electron chi connectivity index (χ3n) is 3.82. The number of methoxy groups -OCH3 is 1. The van der Waals surface area contributed by atoms with Gasteiger partial charge in [-0.05, 0) is 36.3 Å². The number of ether oxygens (including phenoxy) is 1. The van der Waals surface area contributed by atoms with Crippen molar-refractivity contribution in [2.24, 2.45) is 0 Å². The van der Waals surface area contributed by atoms with Crippen LogP contribution < -0.4 is 9.64 Å². The molecule has 1 amide bonds. The molecule has 3 rings (SSSR count). The maximum absolute atomic E-state index is 12.8. The van der Waals surface area contributed by atoms with Crippen LogP contribution in [0.4, 0.5) is 5.69 Å². The lowest BCUT2D eigenvalue weighted by molar-refractivity contribution is -0.113. The molecule has 0 atom stereocenters. The quantitative estimate of drug-likeness (QED) is 0.589. The maximum atomic E-state index is 12.8. The van der Waals surface area contributed by atoms with Gasteiger partial charge in [0.1, 0.15) is 5.75 Å². The first-order valence-electron chi connectivity index (χ1n) is 7.64. The molecule has 1 heterocycles. The lowest BCUT2D eigenvalue weighted by Gasteiger charge is -2.14. The number of carbonyl (C=O) groups is 1. The highest BCUT2D eigenvalue weighted by atomic mass is 32.2. The van der Waals surface area contributed by atoms with Gasteiger partial charge in [-0.1, -0.05) is 61.2 Å².